The average Bonchev–Trinajstić information content (AvgIpc) is 2.76. The van der Waals surface area contributed by atoms with Gasteiger partial charge in [-0.3, -0.25) is 14.4 Å². The Hall–Kier alpha value is -2.10. The third-order valence-corrected chi connectivity index (χ3v) is 6.29. The lowest BCUT2D eigenvalue weighted by Gasteiger charge is -2.25. The van der Waals surface area contributed by atoms with Crippen molar-refractivity contribution in [3.63, 3.8) is 0 Å². The summed E-state index contributed by atoms with van der Waals surface area (Å²) in [5.41, 5.74) is 0. The van der Waals surface area contributed by atoms with Crippen molar-refractivity contribution in [2.45, 2.75) is 110 Å². The lowest BCUT2D eigenvalue weighted by Crippen LogP contribution is -2.37. The van der Waals surface area contributed by atoms with Gasteiger partial charge in [-0.1, -0.05) is 44.9 Å². The van der Waals surface area contributed by atoms with Crippen molar-refractivity contribution in [1.29, 1.82) is 5.26 Å². The van der Waals surface area contributed by atoms with E-state index in [-0.39, 0.29) is 23.8 Å². The Morgan fingerprint density at radius 1 is 0.875 bits per heavy atom. The molecule has 0 spiro atoms. The molecule has 0 saturated carbocycles. The maximum Gasteiger partial charge on any atom is 0.220 e. The summed E-state index contributed by atoms with van der Waals surface area (Å²) in [7, 11) is 0. The van der Waals surface area contributed by atoms with E-state index in [0.717, 1.165) is 38.5 Å². The van der Waals surface area contributed by atoms with E-state index in [1.54, 1.807) is 11.8 Å². The number of hydrogen-bond donors (Lipinski definition) is 1. The van der Waals surface area contributed by atoms with Crippen LogP contribution in [0, 0.1) is 11.3 Å². The van der Waals surface area contributed by atoms with Gasteiger partial charge in [0.05, 0.1) is 12.5 Å². The number of carbonyl (C=O) groups is 3. The molecule has 1 N–H and O–H groups in total. The van der Waals surface area contributed by atoms with Crippen LogP contribution in [0.1, 0.15) is 104 Å². The smallest absolute Gasteiger partial charge is 0.220 e. The maximum atomic E-state index is 12.3. The second-order valence-corrected chi connectivity index (χ2v) is 9.05. The molecule has 1 heterocycles. The summed E-state index contributed by atoms with van der Waals surface area (Å²) < 4.78 is 0. The highest BCUT2D eigenvalue weighted by molar-refractivity contribution is 5.76. The first kappa shape index (κ1) is 27.9. The Morgan fingerprint density at radius 2 is 1.41 bits per heavy atom. The van der Waals surface area contributed by atoms with E-state index in [9.17, 15) is 14.4 Å². The van der Waals surface area contributed by atoms with Crippen LogP contribution in [0.5, 0.6) is 0 Å². The topological polar surface area (TPSA) is 93.5 Å². The van der Waals surface area contributed by atoms with Gasteiger partial charge in [0.25, 0.3) is 0 Å². The number of amides is 3. The van der Waals surface area contributed by atoms with Crippen LogP contribution in [0.25, 0.3) is 0 Å². The summed E-state index contributed by atoms with van der Waals surface area (Å²) in [5.74, 6) is 0.165. The van der Waals surface area contributed by atoms with Gasteiger partial charge in [0, 0.05) is 52.5 Å². The minimum absolute atomic E-state index is 0.0374. The molecule has 7 heteroatoms. The largest absolute Gasteiger partial charge is 0.353 e. The molecule has 0 aliphatic carbocycles. The minimum Gasteiger partial charge on any atom is -0.353 e. The number of rotatable bonds is 10. The first-order valence-electron chi connectivity index (χ1n) is 12.6. The van der Waals surface area contributed by atoms with Gasteiger partial charge < -0.3 is 15.1 Å². The Kier molecular flexibility index (Phi) is 15.2. The molecule has 1 aliphatic heterocycles. The predicted molar refractivity (Wildman–Crippen MR) is 127 cm³/mol. The van der Waals surface area contributed by atoms with E-state index in [2.05, 4.69) is 11.4 Å². The van der Waals surface area contributed by atoms with Gasteiger partial charge in [-0.2, -0.15) is 5.26 Å². The fourth-order valence-corrected chi connectivity index (χ4v) is 4.34. The SMILES string of the molecule is CC(=O)N(CCC#N)CCCN(CCCC1CCCCCCCCCCC(=O)N1)C(C)=O. The fraction of sp³-hybridized carbons (Fsp3) is 0.840. The Labute approximate surface area is 194 Å². The minimum atomic E-state index is -0.0384. The molecule has 1 aliphatic rings. The van der Waals surface area contributed by atoms with Crippen LogP contribution in [0.4, 0.5) is 0 Å². The van der Waals surface area contributed by atoms with E-state index >= 15 is 0 Å². The Morgan fingerprint density at radius 3 is 2.00 bits per heavy atom. The van der Waals surface area contributed by atoms with Crippen molar-refractivity contribution in [1.82, 2.24) is 15.1 Å². The predicted octanol–water partition coefficient (Wildman–Crippen LogP) is 4.17. The molecular weight excluding hydrogens is 404 g/mol. The van der Waals surface area contributed by atoms with E-state index in [1.807, 2.05) is 4.90 Å². The van der Waals surface area contributed by atoms with Gasteiger partial charge in [-0.05, 0) is 32.1 Å². The molecule has 3 amide bonds. The van der Waals surface area contributed by atoms with Crippen molar-refractivity contribution in [3.05, 3.63) is 0 Å². The molecule has 0 radical (unpaired) electrons. The van der Waals surface area contributed by atoms with Crippen LogP contribution in [0.2, 0.25) is 0 Å². The van der Waals surface area contributed by atoms with E-state index in [4.69, 9.17) is 5.26 Å². The molecule has 0 aromatic heterocycles. The highest BCUT2D eigenvalue weighted by Gasteiger charge is 2.15. The van der Waals surface area contributed by atoms with Crippen molar-refractivity contribution < 1.29 is 14.4 Å². The van der Waals surface area contributed by atoms with Crippen LogP contribution in [-0.2, 0) is 14.4 Å². The summed E-state index contributed by atoms with van der Waals surface area (Å²) in [5, 5.41) is 12.0. The first-order valence-corrected chi connectivity index (χ1v) is 12.6. The van der Waals surface area contributed by atoms with E-state index in [1.165, 1.54) is 39.0 Å². The zero-order chi connectivity index (χ0) is 23.6. The normalized spacial score (nSPS) is 18.3. The quantitative estimate of drug-likeness (QED) is 0.543. The summed E-state index contributed by atoms with van der Waals surface area (Å²) >= 11 is 0. The van der Waals surface area contributed by atoms with Crippen molar-refractivity contribution in [2.24, 2.45) is 0 Å². The van der Waals surface area contributed by atoms with Crippen molar-refractivity contribution in [3.8, 4) is 6.07 Å². The fourth-order valence-electron chi connectivity index (χ4n) is 4.34. The molecule has 1 fully saturated rings. The summed E-state index contributed by atoms with van der Waals surface area (Å²) in [6.07, 6.45) is 14.0. The molecule has 0 aromatic rings. The zero-order valence-corrected chi connectivity index (χ0v) is 20.4. The highest BCUT2D eigenvalue weighted by atomic mass is 16.2. The van der Waals surface area contributed by atoms with Crippen LogP contribution in [0.3, 0.4) is 0 Å². The van der Waals surface area contributed by atoms with Crippen molar-refractivity contribution in [2.75, 3.05) is 26.2 Å². The van der Waals surface area contributed by atoms with E-state index in [0.29, 0.717) is 45.4 Å². The lowest BCUT2D eigenvalue weighted by atomic mass is 10.0. The zero-order valence-electron chi connectivity index (χ0n) is 20.4. The molecule has 1 rings (SSSR count). The monoisotopic (exact) mass is 448 g/mol. The second-order valence-electron chi connectivity index (χ2n) is 9.05. The molecule has 182 valence electrons. The molecule has 7 nitrogen and oxygen atoms in total. The molecule has 32 heavy (non-hydrogen) atoms. The molecular formula is C25H44N4O3. The number of carbonyl (C=O) groups excluding carboxylic acids is 3. The molecule has 1 atom stereocenters. The van der Waals surface area contributed by atoms with Crippen LogP contribution < -0.4 is 5.32 Å². The summed E-state index contributed by atoms with van der Waals surface area (Å²) in [6, 6.07) is 2.26. The molecule has 0 aromatic carbocycles. The van der Waals surface area contributed by atoms with Gasteiger partial charge in [0.2, 0.25) is 17.7 Å². The van der Waals surface area contributed by atoms with E-state index < -0.39 is 0 Å². The molecule has 0 bridgehead atoms. The van der Waals surface area contributed by atoms with Gasteiger partial charge in [0.15, 0.2) is 0 Å². The number of nitriles is 1. The Balaban J connectivity index is 2.45. The number of hydrogen-bond acceptors (Lipinski definition) is 4. The molecule has 1 saturated heterocycles. The van der Waals surface area contributed by atoms with Gasteiger partial charge in [0.1, 0.15) is 0 Å². The lowest BCUT2D eigenvalue weighted by molar-refractivity contribution is -0.129. The highest BCUT2D eigenvalue weighted by Crippen LogP contribution is 2.15. The van der Waals surface area contributed by atoms with Crippen molar-refractivity contribution >= 4 is 17.7 Å². The third kappa shape index (κ3) is 13.3. The number of nitrogens with zero attached hydrogens (tertiary/aromatic N) is 3. The number of nitrogens with one attached hydrogen (secondary N) is 1. The van der Waals surface area contributed by atoms with Crippen LogP contribution in [-0.4, -0.2) is 59.7 Å². The van der Waals surface area contributed by atoms with Crippen LogP contribution in [0.15, 0.2) is 0 Å². The first-order chi connectivity index (χ1) is 15.4. The summed E-state index contributed by atoms with van der Waals surface area (Å²) in [6.45, 7) is 5.35. The Bertz CT molecular complexity index is 602. The van der Waals surface area contributed by atoms with Gasteiger partial charge in [-0.25, -0.2) is 0 Å². The summed E-state index contributed by atoms with van der Waals surface area (Å²) in [4.78, 5) is 39.6. The molecule has 1 unspecified atom stereocenters. The average molecular weight is 449 g/mol. The standard InChI is InChI=1S/C25H44N4O3/c1-22(30)28(20-13-21-29(23(2)31)19-12-17-26)18-11-15-24-14-9-7-5-3-4-6-8-10-16-25(32)27-24/h24H,3-16,18-21H2,1-2H3,(H,27,32). The maximum absolute atomic E-state index is 12.3. The van der Waals surface area contributed by atoms with Gasteiger partial charge >= 0.3 is 0 Å². The van der Waals surface area contributed by atoms with Crippen LogP contribution >= 0.6 is 0 Å². The second kappa shape index (κ2) is 17.5. The van der Waals surface area contributed by atoms with Gasteiger partial charge in [-0.15, -0.1) is 0 Å². The third-order valence-electron chi connectivity index (χ3n) is 6.29.